The van der Waals surface area contributed by atoms with Gasteiger partial charge in [-0.3, -0.25) is 4.79 Å². The van der Waals surface area contributed by atoms with Crippen molar-refractivity contribution in [3.63, 3.8) is 0 Å². The van der Waals surface area contributed by atoms with Gasteiger partial charge in [-0.15, -0.1) is 0 Å². The molecule has 1 aliphatic rings. The second kappa shape index (κ2) is 7.14. The Hall–Kier alpha value is -3.84. The monoisotopic (exact) mass is 433 g/mol. The largest absolute Gasteiger partial charge is 0.478 e. The molecule has 8 heteroatoms. The Morgan fingerprint density at radius 1 is 1.16 bits per heavy atom. The minimum absolute atomic E-state index is 0.0232. The van der Waals surface area contributed by atoms with E-state index >= 15 is 0 Å². The van der Waals surface area contributed by atoms with Crippen molar-refractivity contribution >= 4 is 40.2 Å². The number of aromatic carboxylic acids is 1. The molecule has 0 spiro atoms. The van der Waals surface area contributed by atoms with Crippen LogP contribution in [0.5, 0.6) is 11.8 Å². The lowest BCUT2D eigenvalue weighted by molar-refractivity contribution is -0.115. The first-order valence-electron chi connectivity index (χ1n) is 9.51. The number of nitrogens with zero attached hydrogens (tertiary/aromatic N) is 1. The van der Waals surface area contributed by atoms with E-state index in [1.165, 1.54) is 6.07 Å². The number of H-pyrrole nitrogens is 1. The number of halogens is 1. The van der Waals surface area contributed by atoms with Crippen molar-refractivity contribution in [3.05, 3.63) is 70.2 Å². The number of amides is 1. The molecule has 0 unspecified atom stereocenters. The second-order valence-electron chi connectivity index (χ2n) is 7.37. The number of aromatic nitrogens is 2. The van der Waals surface area contributed by atoms with Crippen LogP contribution in [0.3, 0.4) is 0 Å². The highest BCUT2D eigenvalue weighted by Crippen LogP contribution is 2.36. The topological polar surface area (TPSA) is 104 Å². The molecular weight excluding hydrogens is 418 g/mol. The average molecular weight is 434 g/mol. The molecule has 31 heavy (non-hydrogen) atoms. The highest BCUT2D eigenvalue weighted by Gasteiger charge is 2.19. The summed E-state index contributed by atoms with van der Waals surface area (Å²) in [5.74, 6) is -0.677. The van der Waals surface area contributed by atoms with E-state index < -0.39 is 5.97 Å². The maximum Gasteiger partial charge on any atom is 0.336 e. The molecule has 0 saturated carbocycles. The van der Waals surface area contributed by atoms with Crippen LogP contribution < -0.4 is 10.1 Å². The summed E-state index contributed by atoms with van der Waals surface area (Å²) < 4.78 is 5.75. The molecule has 0 aliphatic carbocycles. The van der Waals surface area contributed by atoms with Crippen LogP contribution in [0.2, 0.25) is 5.02 Å². The van der Waals surface area contributed by atoms with Gasteiger partial charge in [0.15, 0.2) is 0 Å². The van der Waals surface area contributed by atoms with Crippen LogP contribution in [-0.2, 0) is 11.2 Å². The van der Waals surface area contributed by atoms with E-state index in [2.05, 4.69) is 15.3 Å². The van der Waals surface area contributed by atoms with E-state index in [1.54, 1.807) is 25.1 Å². The summed E-state index contributed by atoms with van der Waals surface area (Å²) in [4.78, 5) is 30.5. The number of imidazole rings is 1. The van der Waals surface area contributed by atoms with E-state index in [-0.39, 0.29) is 17.5 Å². The van der Waals surface area contributed by atoms with Gasteiger partial charge in [0, 0.05) is 11.3 Å². The summed E-state index contributed by atoms with van der Waals surface area (Å²) in [5.41, 5.74) is 5.58. The molecule has 1 aliphatic heterocycles. The average Bonchev–Trinajstić information content (AvgIpc) is 3.29. The van der Waals surface area contributed by atoms with Crippen LogP contribution in [0.15, 0.2) is 48.5 Å². The summed E-state index contributed by atoms with van der Waals surface area (Å²) in [7, 11) is 0. The Morgan fingerprint density at radius 3 is 2.81 bits per heavy atom. The summed E-state index contributed by atoms with van der Waals surface area (Å²) in [6.45, 7) is 1.73. The lowest BCUT2D eigenvalue weighted by atomic mass is 10.0. The Labute approximate surface area is 181 Å². The standard InChI is InChI=1S/C23H16ClN3O4/c1-11-2-4-14(8-15(11)22(29)30)31-23-26-19-9-16(17(24)10-20(19)27-23)12-3-5-18-13(6-12)7-21(28)25-18/h2-6,8-10H,7H2,1H3,(H,25,28)(H,26,27)(H,29,30). The van der Waals surface area contributed by atoms with Gasteiger partial charge in [0.25, 0.3) is 6.01 Å². The molecule has 1 amide bonds. The number of rotatable bonds is 4. The molecule has 0 bridgehead atoms. The predicted molar refractivity (Wildman–Crippen MR) is 117 cm³/mol. The molecule has 7 nitrogen and oxygen atoms in total. The van der Waals surface area contributed by atoms with Gasteiger partial charge in [-0.1, -0.05) is 23.7 Å². The zero-order chi connectivity index (χ0) is 21.7. The number of hydrogen-bond acceptors (Lipinski definition) is 4. The predicted octanol–water partition coefficient (Wildman–Crippen LogP) is 5.18. The van der Waals surface area contributed by atoms with Crippen molar-refractivity contribution in [2.24, 2.45) is 0 Å². The van der Waals surface area contributed by atoms with Gasteiger partial charge in [0.2, 0.25) is 5.91 Å². The molecule has 4 aromatic rings. The fraction of sp³-hybridized carbons (Fsp3) is 0.0870. The van der Waals surface area contributed by atoms with Gasteiger partial charge in [-0.25, -0.2) is 4.79 Å². The SMILES string of the molecule is Cc1ccc(Oc2nc3cc(-c4ccc5c(c4)CC(=O)N5)c(Cl)cc3[nH]2)cc1C(=O)O. The van der Waals surface area contributed by atoms with Gasteiger partial charge in [-0.2, -0.15) is 4.98 Å². The van der Waals surface area contributed by atoms with Crippen molar-refractivity contribution in [3.8, 4) is 22.9 Å². The molecule has 1 aromatic heterocycles. The first kappa shape index (κ1) is 19.1. The number of carboxylic acid groups (broad SMARTS) is 1. The maximum atomic E-state index is 11.6. The minimum atomic E-state index is -1.02. The van der Waals surface area contributed by atoms with Crippen LogP contribution >= 0.6 is 11.6 Å². The van der Waals surface area contributed by atoms with Crippen LogP contribution in [0.4, 0.5) is 5.69 Å². The quantitative estimate of drug-likeness (QED) is 0.411. The van der Waals surface area contributed by atoms with Crippen molar-refractivity contribution in [1.29, 1.82) is 0 Å². The molecule has 0 fully saturated rings. The Morgan fingerprint density at radius 2 is 2.00 bits per heavy atom. The number of aryl methyl sites for hydroxylation is 1. The van der Waals surface area contributed by atoms with Gasteiger partial charge in [0.1, 0.15) is 5.75 Å². The normalized spacial score (nSPS) is 12.6. The summed E-state index contributed by atoms with van der Waals surface area (Å²) in [5, 5.41) is 12.6. The number of carbonyl (C=O) groups excluding carboxylic acids is 1. The lowest BCUT2D eigenvalue weighted by Crippen LogP contribution is -2.03. The highest BCUT2D eigenvalue weighted by atomic mass is 35.5. The number of carbonyl (C=O) groups is 2. The van der Waals surface area contributed by atoms with Gasteiger partial charge >= 0.3 is 5.97 Å². The first-order chi connectivity index (χ1) is 14.9. The fourth-order valence-electron chi connectivity index (χ4n) is 3.68. The number of carboxylic acids is 1. The zero-order valence-corrected chi connectivity index (χ0v) is 17.1. The first-order valence-corrected chi connectivity index (χ1v) is 9.89. The molecule has 0 radical (unpaired) electrons. The molecule has 0 saturated heterocycles. The van der Waals surface area contributed by atoms with E-state index in [9.17, 15) is 14.7 Å². The van der Waals surface area contributed by atoms with Gasteiger partial charge in [-0.05, 0) is 60.0 Å². The van der Waals surface area contributed by atoms with Crippen molar-refractivity contribution in [2.45, 2.75) is 13.3 Å². The van der Waals surface area contributed by atoms with E-state index in [4.69, 9.17) is 16.3 Å². The van der Waals surface area contributed by atoms with Crippen LogP contribution in [0.25, 0.3) is 22.2 Å². The van der Waals surface area contributed by atoms with Crippen LogP contribution in [0, 0.1) is 6.92 Å². The van der Waals surface area contributed by atoms with Gasteiger partial charge < -0.3 is 20.1 Å². The van der Waals surface area contributed by atoms with Crippen molar-refractivity contribution in [2.75, 3.05) is 5.32 Å². The van der Waals surface area contributed by atoms with Crippen LogP contribution in [0.1, 0.15) is 21.5 Å². The second-order valence-corrected chi connectivity index (χ2v) is 7.78. The van der Waals surface area contributed by atoms with Crippen molar-refractivity contribution in [1.82, 2.24) is 9.97 Å². The summed E-state index contributed by atoms with van der Waals surface area (Å²) in [6, 6.07) is 14.4. The molecule has 3 N–H and O–H groups in total. The third-order valence-electron chi connectivity index (χ3n) is 5.24. The number of nitrogens with one attached hydrogen (secondary N) is 2. The minimum Gasteiger partial charge on any atom is -0.478 e. The van der Waals surface area contributed by atoms with E-state index in [0.717, 1.165) is 22.4 Å². The van der Waals surface area contributed by atoms with Gasteiger partial charge in [0.05, 0.1) is 28.0 Å². The molecule has 2 heterocycles. The number of ether oxygens (including phenoxy) is 1. The number of anilines is 1. The van der Waals surface area contributed by atoms with E-state index in [1.807, 2.05) is 24.3 Å². The van der Waals surface area contributed by atoms with Crippen LogP contribution in [-0.4, -0.2) is 27.0 Å². The molecule has 0 atom stereocenters. The highest BCUT2D eigenvalue weighted by molar-refractivity contribution is 6.34. The fourth-order valence-corrected chi connectivity index (χ4v) is 3.95. The number of fused-ring (bicyclic) bond motifs is 2. The third-order valence-corrected chi connectivity index (χ3v) is 5.56. The number of aromatic amines is 1. The number of hydrogen-bond donors (Lipinski definition) is 3. The molecule has 3 aromatic carbocycles. The smallest absolute Gasteiger partial charge is 0.336 e. The number of benzene rings is 3. The molecule has 5 rings (SSSR count). The Bertz CT molecular complexity index is 1390. The maximum absolute atomic E-state index is 11.6. The van der Waals surface area contributed by atoms with Crippen molar-refractivity contribution < 1.29 is 19.4 Å². The third kappa shape index (κ3) is 3.49. The molecular formula is C23H16ClN3O4. The Kier molecular flexibility index (Phi) is 4.41. The summed E-state index contributed by atoms with van der Waals surface area (Å²) >= 11 is 6.52. The Balaban J connectivity index is 1.49. The van der Waals surface area contributed by atoms with E-state index in [0.29, 0.717) is 33.8 Å². The zero-order valence-electron chi connectivity index (χ0n) is 16.3. The summed E-state index contributed by atoms with van der Waals surface area (Å²) in [6.07, 6.45) is 0.346. The lowest BCUT2D eigenvalue weighted by Gasteiger charge is -2.07. The molecule has 154 valence electrons.